The van der Waals surface area contributed by atoms with E-state index in [2.05, 4.69) is 242 Å². The lowest BCUT2D eigenvalue weighted by Gasteiger charge is -2.31. The zero-order chi connectivity index (χ0) is 44.7. The summed E-state index contributed by atoms with van der Waals surface area (Å²) >= 11 is 0. The standard InChI is InChI=1S/C60H41N.C6H6/c1-60(44-20-3-2-4-21-44)56-30-14-13-29-53(56)59-57(60)31-16-32-58(59)61(45-35-33-40(34-36-45)54-38-42-17-5-7-23-47(42)49-25-9-11-27-51(49)54)46-22-15-19-41(37-46)55-39-43-18-6-8-24-48(43)50-26-10-12-28-52(50)55;1-2-4-6-5-3-1/h2-39H,1H3;1-6H. The molecule has 13 rings (SSSR count). The molecule has 0 saturated heterocycles. The number of anilines is 3. The third-order valence-electron chi connectivity index (χ3n) is 14.0. The van der Waals surface area contributed by atoms with E-state index in [1.165, 1.54) is 93.2 Å². The smallest absolute Gasteiger partial charge is 0.0543 e. The maximum absolute atomic E-state index is 2.49. The molecule has 0 N–H and O–H groups in total. The summed E-state index contributed by atoms with van der Waals surface area (Å²) in [7, 11) is 0. The fraction of sp³-hybridized carbons (Fsp3) is 0.0303. The molecule has 12 aromatic carbocycles. The number of rotatable bonds is 6. The molecule has 0 amide bonds. The summed E-state index contributed by atoms with van der Waals surface area (Å²) in [6.07, 6.45) is 0. The molecule has 0 bridgehead atoms. The number of benzene rings is 12. The zero-order valence-electron chi connectivity index (χ0n) is 37.4. The Morgan fingerprint density at radius 2 is 0.776 bits per heavy atom. The van der Waals surface area contributed by atoms with Crippen LogP contribution >= 0.6 is 0 Å². The Hall–Kier alpha value is -8.52. The van der Waals surface area contributed by atoms with Crippen molar-refractivity contribution in [3.05, 3.63) is 284 Å². The molecular weight excluding hydrogens is 807 g/mol. The number of hydrogen-bond donors (Lipinski definition) is 0. The summed E-state index contributed by atoms with van der Waals surface area (Å²) < 4.78 is 0. The molecule has 1 aliphatic rings. The van der Waals surface area contributed by atoms with E-state index in [1.54, 1.807) is 0 Å². The number of nitrogens with zero attached hydrogens (tertiary/aromatic N) is 1. The average molecular weight is 854 g/mol. The van der Waals surface area contributed by atoms with E-state index in [9.17, 15) is 0 Å². The Bertz CT molecular complexity index is 3730. The second kappa shape index (κ2) is 16.8. The molecule has 67 heavy (non-hydrogen) atoms. The molecular formula is C66H47N. The van der Waals surface area contributed by atoms with E-state index in [0.717, 1.165) is 17.1 Å². The average Bonchev–Trinajstić information content (AvgIpc) is 3.68. The van der Waals surface area contributed by atoms with Crippen LogP contribution in [0.3, 0.4) is 0 Å². The number of fused-ring (bicyclic) bond motifs is 9. The molecule has 0 saturated carbocycles. The van der Waals surface area contributed by atoms with Crippen LogP contribution in [0.2, 0.25) is 0 Å². The normalized spacial score (nSPS) is 13.8. The van der Waals surface area contributed by atoms with Gasteiger partial charge in [0.25, 0.3) is 0 Å². The van der Waals surface area contributed by atoms with Gasteiger partial charge in [0.1, 0.15) is 0 Å². The number of hydrogen-bond acceptors (Lipinski definition) is 1. The molecule has 0 aliphatic heterocycles. The third kappa shape index (κ3) is 6.87. The molecule has 1 nitrogen and oxygen atoms in total. The van der Waals surface area contributed by atoms with Crippen molar-refractivity contribution in [3.63, 3.8) is 0 Å². The molecule has 1 atom stereocenters. The Morgan fingerprint density at radius 1 is 0.299 bits per heavy atom. The second-order valence-corrected chi connectivity index (χ2v) is 17.7. The topological polar surface area (TPSA) is 3.24 Å². The summed E-state index contributed by atoms with van der Waals surface area (Å²) in [4.78, 5) is 2.49. The van der Waals surface area contributed by atoms with E-state index in [4.69, 9.17) is 0 Å². The first-order valence-electron chi connectivity index (χ1n) is 23.3. The molecule has 1 heteroatoms. The molecule has 0 heterocycles. The quantitative estimate of drug-likeness (QED) is 0.151. The molecule has 0 spiro atoms. The Balaban J connectivity index is 0.000000726. The minimum absolute atomic E-state index is 0.318. The van der Waals surface area contributed by atoms with Crippen molar-refractivity contribution in [2.24, 2.45) is 0 Å². The Morgan fingerprint density at radius 3 is 1.40 bits per heavy atom. The van der Waals surface area contributed by atoms with Crippen molar-refractivity contribution in [3.8, 4) is 33.4 Å². The zero-order valence-corrected chi connectivity index (χ0v) is 37.4. The lowest BCUT2D eigenvalue weighted by Crippen LogP contribution is -2.22. The van der Waals surface area contributed by atoms with Gasteiger partial charge >= 0.3 is 0 Å². The van der Waals surface area contributed by atoms with Gasteiger partial charge in [-0.2, -0.15) is 0 Å². The highest BCUT2D eigenvalue weighted by molar-refractivity contribution is 6.15. The lowest BCUT2D eigenvalue weighted by atomic mass is 9.74. The highest BCUT2D eigenvalue weighted by Crippen LogP contribution is 2.57. The summed E-state index contributed by atoms with van der Waals surface area (Å²) in [5.74, 6) is 0. The van der Waals surface area contributed by atoms with Crippen LogP contribution in [0.15, 0.2) is 267 Å². The molecule has 316 valence electrons. The maximum atomic E-state index is 2.49. The largest absolute Gasteiger partial charge is 0.310 e. The summed E-state index contributed by atoms with van der Waals surface area (Å²) in [5.41, 5.74) is 14.4. The van der Waals surface area contributed by atoms with Gasteiger partial charge in [0.2, 0.25) is 0 Å². The monoisotopic (exact) mass is 853 g/mol. The van der Waals surface area contributed by atoms with E-state index in [-0.39, 0.29) is 5.41 Å². The van der Waals surface area contributed by atoms with Gasteiger partial charge in [-0.3, -0.25) is 0 Å². The first kappa shape index (κ1) is 40.0. The van der Waals surface area contributed by atoms with Gasteiger partial charge in [0.15, 0.2) is 0 Å². The van der Waals surface area contributed by atoms with Gasteiger partial charge in [-0.25, -0.2) is 0 Å². The first-order chi connectivity index (χ1) is 33.1. The highest BCUT2D eigenvalue weighted by Gasteiger charge is 2.42. The minimum Gasteiger partial charge on any atom is -0.310 e. The summed E-state index contributed by atoms with van der Waals surface area (Å²) in [6, 6.07) is 97.2. The van der Waals surface area contributed by atoms with Gasteiger partial charge in [0.05, 0.1) is 5.69 Å². The van der Waals surface area contributed by atoms with E-state index in [1.807, 2.05) is 36.4 Å². The van der Waals surface area contributed by atoms with Crippen molar-refractivity contribution in [1.82, 2.24) is 0 Å². The lowest BCUT2D eigenvalue weighted by molar-refractivity contribution is 0.714. The van der Waals surface area contributed by atoms with Crippen LogP contribution in [0, 0.1) is 0 Å². The van der Waals surface area contributed by atoms with Crippen molar-refractivity contribution < 1.29 is 0 Å². The van der Waals surface area contributed by atoms with Crippen LogP contribution in [-0.4, -0.2) is 0 Å². The molecule has 1 aliphatic carbocycles. The van der Waals surface area contributed by atoms with Crippen LogP contribution in [0.1, 0.15) is 23.6 Å². The van der Waals surface area contributed by atoms with Crippen molar-refractivity contribution in [2.45, 2.75) is 12.3 Å². The fourth-order valence-electron chi connectivity index (χ4n) is 10.8. The molecule has 1 unspecified atom stereocenters. The van der Waals surface area contributed by atoms with E-state index >= 15 is 0 Å². The van der Waals surface area contributed by atoms with Gasteiger partial charge in [-0.05, 0) is 137 Å². The van der Waals surface area contributed by atoms with E-state index in [0.29, 0.717) is 0 Å². The van der Waals surface area contributed by atoms with Crippen molar-refractivity contribution in [1.29, 1.82) is 0 Å². The Labute approximate surface area is 392 Å². The van der Waals surface area contributed by atoms with Crippen molar-refractivity contribution in [2.75, 3.05) is 4.90 Å². The van der Waals surface area contributed by atoms with Crippen LogP contribution in [-0.2, 0) is 5.41 Å². The minimum atomic E-state index is -0.318. The Kier molecular flexibility index (Phi) is 10.0. The predicted octanol–water partition coefficient (Wildman–Crippen LogP) is 18.1. The second-order valence-electron chi connectivity index (χ2n) is 17.7. The van der Waals surface area contributed by atoms with Gasteiger partial charge < -0.3 is 4.90 Å². The third-order valence-corrected chi connectivity index (χ3v) is 14.0. The van der Waals surface area contributed by atoms with Crippen LogP contribution in [0.25, 0.3) is 76.5 Å². The predicted molar refractivity (Wildman–Crippen MR) is 286 cm³/mol. The molecule has 0 fully saturated rings. The van der Waals surface area contributed by atoms with Gasteiger partial charge in [0, 0.05) is 22.4 Å². The molecule has 0 aromatic heterocycles. The van der Waals surface area contributed by atoms with Crippen molar-refractivity contribution >= 4 is 60.2 Å². The van der Waals surface area contributed by atoms with Gasteiger partial charge in [-0.15, -0.1) is 0 Å². The fourth-order valence-corrected chi connectivity index (χ4v) is 10.8. The van der Waals surface area contributed by atoms with Crippen LogP contribution in [0.4, 0.5) is 17.1 Å². The highest BCUT2D eigenvalue weighted by atomic mass is 15.1. The SMILES string of the molecule is CC1(c2ccccc2)c2ccccc2-c2c(N(c3ccc(-c4cc5ccccc5c5ccccc45)cc3)c3cccc(-c4cc5ccccc5c5ccccc45)c3)cccc21.c1ccccc1. The maximum Gasteiger partial charge on any atom is 0.0543 e. The van der Waals surface area contributed by atoms with E-state index < -0.39 is 0 Å². The molecule has 12 aromatic rings. The van der Waals surface area contributed by atoms with Crippen LogP contribution < -0.4 is 4.90 Å². The van der Waals surface area contributed by atoms with Crippen LogP contribution in [0.5, 0.6) is 0 Å². The summed E-state index contributed by atoms with van der Waals surface area (Å²) in [5, 5.41) is 10.1. The first-order valence-corrected chi connectivity index (χ1v) is 23.3. The molecule has 0 radical (unpaired) electrons. The summed E-state index contributed by atoms with van der Waals surface area (Å²) in [6.45, 7) is 2.40. The van der Waals surface area contributed by atoms with Gasteiger partial charge in [-0.1, -0.05) is 224 Å².